The number of hydrogen-bond donors (Lipinski definition) is 2. The Labute approximate surface area is 108 Å². The maximum Gasteiger partial charge on any atom is 0.252 e. The second kappa shape index (κ2) is 6.96. The van der Waals surface area contributed by atoms with E-state index in [4.69, 9.17) is 11.5 Å². The van der Waals surface area contributed by atoms with Gasteiger partial charge in [0, 0.05) is 25.3 Å². The number of pyridine rings is 1. The molecule has 0 bridgehead atoms. The van der Waals surface area contributed by atoms with Gasteiger partial charge in [-0.25, -0.2) is 4.98 Å². The van der Waals surface area contributed by atoms with Crippen LogP contribution in [0, 0.1) is 0 Å². The van der Waals surface area contributed by atoms with Gasteiger partial charge in [0.25, 0.3) is 5.91 Å². The van der Waals surface area contributed by atoms with E-state index in [2.05, 4.69) is 23.7 Å². The average Bonchev–Trinajstić information content (AvgIpc) is 2.39. The minimum absolute atomic E-state index is 0.321. The van der Waals surface area contributed by atoms with Crippen LogP contribution in [-0.4, -0.2) is 30.0 Å². The molecule has 0 unspecified atom stereocenters. The number of hydrogen-bond acceptors (Lipinski definition) is 4. The van der Waals surface area contributed by atoms with E-state index in [0.717, 1.165) is 12.8 Å². The maximum atomic E-state index is 11.5. The Morgan fingerprint density at radius 1 is 1.44 bits per heavy atom. The molecule has 5 heteroatoms. The number of carbonyl (C=O) groups is 1. The predicted octanol–water partition coefficient (Wildman–Crippen LogP) is 1.13. The molecule has 0 atom stereocenters. The first-order valence-electron chi connectivity index (χ1n) is 6.37. The molecule has 0 radical (unpaired) electrons. The van der Waals surface area contributed by atoms with Crippen LogP contribution in [0.25, 0.3) is 0 Å². The van der Waals surface area contributed by atoms with Crippen molar-refractivity contribution in [2.24, 2.45) is 11.5 Å². The van der Waals surface area contributed by atoms with E-state index >= 15 is 0 Å². The molecule has 0 fully saturated rings. The van der Waals surface area contributed by atoms with Gasteiger partial charge in [-0.2, -0.15) is 0 Å². The lowest BCUT2D eigenvalue weighted by atomic mass is 10.1. The summed E-state index contributed by atoms with van der Waals surface area (Å²) >= 11 is 0. The number of primary amides is 1. The van der Waals surface area contributed by atoms with Crippen LogP contribution in [-0.2, 0) is 0 Å². The van der Waals surface area contributed by atoms with Gasteiger partial charge in [-0.1, -0.05) is 13.8 Å². The van der Waals surface area contributed by atoms with E-state index in [-0.39, 0.29) is 0 Å². The zero-order valence-corrected chi connectivity index (χ0v) is 11.1. The molecular weight excluding hydrogens is 228 g/mol. The van der Waals surface area contributed by atoms with Crippen molar-refractivity contribution in [1.82, 2.24) is 4.98 Å². The summed E-state index contributed by atoms with van der Waals surface area (Å²) in [7, 11) is 0. The van der Waals surface area contributed by atoms with Crippen molar-refractivity contribution in [3.63, 3.8) is 0 Å². The third-order valence-corrected chi connectivity index (χ3v) is 3.08. The van der Waals surface area contributed by atoms with Crippen molar-refractivity contribution < 1.29 is 4.79 Å². The summed E-state index contributed by atoms with van der Waals surface area (Å²) in [5.74, 6) is 0.190. The number of rotatable bonds is 7. The van der Waals surface area contributed by atoms with Gasteiger partial charge in [-0.3, -0.25) is 4.79 Å². The first-order chi connectivity index (χ1) is 8.65. The molecule has 5 nitrogen and oxygen atoms in total. The van der Waals surface area contributed by atoms with Crippen LogP contribution in [0.5, 0.6) is 0 Å². The molecule has 0 saturated carbocycles. The second-order valence-electron chi connectivity index (χ2n) is 4.19. The first kappa shape index (κ1) is 14.4. The molecule has 100 valence electrons. The van der Waals surface area contributed by atoms with E-state index in [1.165, 1.54) is 0 Å². The van der Waals surface area contributed by atoms with Gasteiger partial charge in [0.15, 0.2) is 0 Å². The molecule has 0 aromatic carbocycles. The molecule has 18 heavy (non-hydrogen) atoms. The highest BCUT2D eigenvalue weighted by molar-refractivity contribution is 5.97. The van der Waals surface area contributed by atoms with Crippen LogP contribution in [0.2, 0.25) is 0 Å². The van der Waals surface area contributed by atoms with Gasteiger partial charge >= 0.3 is 0 Å². The average molecular weight is 250 g/mol. The monoisotopic (exact) mass is 250 g/mol. The fraction of sp³-hybridized carbons (Fsp3) is 0.538. The Balaban J connectivity index is 3.16. The summed E-state index contributed by atoms with van der Waals surface area (Å²) in [6.45, 7) is 5.42. The summed E-state index contributed by atoms with van der Waals surface area (Å²) in [5.41, 5.74) is 11.5. The molecule has 1 heterocycles. The van der Waals surface area contributed by atoms with E-state index in [0.29, 0.717) is 30.5 Å². The number of aromatic nitrogens is 1. The smallest absolute Gasteiger partial charge is 0.252 e. The summed E-state index contributed by atoms with van der Waals surface area (Å²) < 4.78 is 0. The molecule has 1 aromatic rings. The summed E-state index contributed by atoms with van der Waals surface area (Å²) in [6.07, 6.45) is 3.63. The van der Waals surface area contributed by atoms with Gasteiger partial charge in [0.05, 0.1) is 5.56 Å². The first-order valence-corrected chi connectivity index (χ1v) is 6.37. The Morgan fingerprint density at radius 2 is 2.11 bits per heavy atom. The predicted molar refractivity (Wildman–Crippen MR) is 73.5 cm³/mol. The maximum absolute atomic E-state index is 11.5. The largest absolute Gasteiger partial charge is 0.365 e. The van der Waals surface area contributed by atoms with Crippen molar-refractivity contribution in [3.8, 4) is 0 Å². The number of amides is 1. The van der Waals surface area contributed by atoms with Crippen LogP contribution in [0.1, 0.15) is 37.0 Å². The lowest BCUT2D eigenvalue weighted by Gasteiger charge is -2.32. The van der Waals surface area contributed by atoms with Gasteiger partial charge < -0.3 is 16.4 Å². The Bertz CT molecular complexity index is 390. The standard InChI is InChI=1S/C13H22N4O/c1-3-10(4-2)17(9-7-14)13-11(12(15)18)6-5-8-16-13/h5-6,8,10H,3-4,7,9,14H2,1-2H3,(H2,15,18). The zero-order valence-electron chi connectivity index (χ0n) is 11.1. The Kier molecular flexibility index (Phi) is 5.58. The minimum Gasteiger partial charge on any atom is -0.365 e. The number of nitrogens with zero attached hydrogens (tertiary/aromatic N) is 2. The van der Waals surface area contributed by atoms with E-state index in [9.17, 15) is 4.79 Å². The molecule has 0 aliphatic rings. The number of nitrogens with two attached hydrogens (primary N) is 2. The van der Waals surface area contributed by atoms with Crippen LogP contribution < -0.4 is 16.4 Å². The van der Waals surface area contributed by atoms with Crippen molar-refractivity contribution in [2.45, 2.75) is 32.7 Å². The van der Waals surface area contributed by atoms with Crippen molar-refractivity contribution >= 4 is 11.7 Å². The third kappa shape index (κ3) is 3.20. The number of anilines is 1. The Hall–Kier alpha value is -1.62. The highest BCUT2D eigenvalue weighted by atomic mass is 16.1. The molecular formula is C13H22N4O. The third-order valence-electron chi connectivity index (χ3n) is 3.08. The molecule has 0 aliphatic heterocycles. The molecule has 1 amide bonds. The van der Waals surface area contributed by atoms with Crippen LogP contribution in [0.3, 0.4) is 0 Å². The van der Waals surface area contributed by atoms with Gasteiger partial charge in [-0.05, 0) is 25.0 Å². The molecule has 0 aliphatic carbocycles. The lowest BCUT2D eigenvalue weighted by Crippen LogP contribution is -2.40. The van der Waals surface area contributed by atoms with Gasteiger partial charge in [0.2, 0.25) is 0 Å². The van der Waals surface area contributed by atoms with Crippen LogP contribution >= 0.6 is 0 Å². The molecule has 4 N–H and O–H groups in total. The summed E-state index contributed by atoms with van der Waals surface area (Å²) in [4.78, 5) is 17.8. The lowest BCUT2D eigenvalue weighted by molar-refractivity contribution is 0.100. The minimum atomic E-state index is -0.453. The summed E-state index contributed by atoms with van der Waals surface area (Å²) in [5, 5.41) is 0. The van der Waals surface area contributed by atoms with Crippen molar-refractivity contribution in [1.29, 1.82) is 0 Å². The molecule has 1 rings (SSSR count). The SMILES string of the molecule is CCC(CC)N(CCN)c1ncccc1C(N)=O. The number of carbonyl (C=O) groups excluding carboxylic acids is 1. The van der Waals surface area contributed by atoms with Crippen molar-refractivity contribution in [2.75, 3.05) is 18.0 Å². The van der Waals surface area contributed by atoms with E-state index < -0.39 is 5.91 Å². The van der Waals surface area contributed by atoms with Crippen molar-refractivity contribution in [3.05, 3.63) is 23.9 Å². The summed E-state index contributed by atoms with van der Waals surface area (Å²) in [6, 6.07) is 3.75. The van der Waals surface area contributed by atoms with Crippen LogP contribution in [0.15, 0.2) is 18.3 Å². The van der Waals surface area contributed by atoms with Crippen LogP contribution in [0.4, 0.5) is 5.82 Å². The fourth-order valence-corrected chi connectivity index (χ4v) is 2.15. The zero-order chi connectivity index (χ0) is 13.5. The quantitative estimate of drug-likeness (QED) is 0.759. The highest BCUT2D eigenvalue weighted by Gasteiger charge is 2.20. The molecule has 0 spiro atoms. The Morgan fingerprint density at radius 3 is 2.61 bits per heavy atom. The normalized spacial score (nSPS) is 10.7. The van der Waals surface area contributed by atoms with Gasteiger partial charge in [-0.15, -0.1) is 0 Å². The van der Waals surface area contributed by atoms with E-state index in [1.54, 1.807) is 18.3 Å². The fourth-order valence-electron chi connectivity index (χ4n) is 2.15. The van der Waals surface area contributed by atoms with Gasteiger partial charge in [0.1, 0.15) is 5.82 Å². The second-order valence-corrected chi connectivity index (χ2v) is 4.19. The highest BCUT2D eigenvalue weighted by Crippen LogP contribution is 2.21. The molecule has 0 saturated heterocycles. The topological polar surface area (TPSA) is 85.2 Å². The molecule has 1 aromatic heterocycles. The van der Waals surface area contributed by atoms with E-state index in [1.807, 2.05) is 0 Å².